The molecule has 1 aromatic carbocycles. The Morgan fingerprint density at radius 3 is 2.80 bits per heavy atom. The molecule has 1 saturated heterocycles. The third-order valence-electron chi connectivity index (χ3n) is 4.01. The maximum Gasteiger partial charge on any atom is 0.161 e. The Morgan fingerprint density at radius 2 is 2.05 bits per heavy atom. The van der Waals surface area contributed by atoms with E-state index in [4.69, 9.17) is 14.2 Å². The average molecular weight is 277 g/mol. The molecular weight excluding hydrogens is 254 g/mol. The molecule has 0 radical (unpaired) electrons. The van der Waals surface area contributed by atoms with Crippen molar-refractivity contribution < 1.29 is 14.2 Å². The van der Waals surface area contributed by atoms with Crippen molar-refractivity contribution in [3.63, 3.8) is 0 Å². The van der Waals surface area contributed by atoms with E-state index in [9.17, 15) is 0 Å². The number of benzene rings is 1. The molecule has 0 saturated carbocycles. The Bertz CT molecular complexity index is 443. The smallest absolute Gasteiger partial charge is 0.161 e. The fraction of sp³-hybridized carbons (Fsp3) is 0.625. The van der Waals surface area contributed by atoms with Crippen molar-refractivity contribution in [1.82, 2.24) is 5.32 Å². The molecular formula is C16H23NO3. The molecule has 1 fully saturated rings. The summed E-state index contributed by atoms with van der Waals surface area (Å²) >= 11 is 0. The molecule has 2 unspecified atom stereocenters. The largest absolute Gasteiger partial charge is 0.486 e. The maximum absolute atomic E-state index is 5.68. The Balaban J connectivity index is 1.75. The van der Waals surface area contributed by atoms with Crippen LogP contribution < -0.4 is 14.8 Å². The van der Waals surface area contributed by atoms with Gasteiger partial charge in [-0.15, -0.1) is 0 Å². The van der Waals surface area contributed by atoms with Crippen LogP contribution in [0.4, 0.5) is 0 Å². The van der Waals surface area contributed by atoms with Crippen LogP contribution in [0.5, 0.6) is 11.5 Å². The van der Waals surface area contributed by atoms with Crippen LogP contribution in [0.2, 0.25) is 0 Å². The van der Waals surface area contributed by atoms with Crippen molar-refractivity contribution >= 4 is 0 Å². The van der Waals surface area contributed by atoms with Gasteiger partial charge in [-0.05, 0) is 43.0 Å². The molecule has 4 heteroatoms. The fourth-order valence-electron chi connectivity index (χ4n) is 2.96. The number of hydrogen-bond acceptors (Lipinski definition) is 4. The summed E-state index contributed by atoms with van der Waals surface area (Å²) in [5, 5.41) is 3.58. The van der Waals surface area contributed by atoms with Crippen LogP contribution in [-0.4, -0.2) is 33.0 Å². The van der Waals surface area contributed by atoms with Crippen LogP contribution in [-0.2, 0) is 4.74 Å². The first-order valence-electron chi connectivity index (χ1n) is 7.57. The normalized spacial score (nSPS) is 22.8. The first kappa shape index (κ1) is 13.7. The second kappa shape index (κ2) is 6.46. The molecule has 0 spiro atoms. The summed E-state index contributed by atoms with van der Waals surface area (Å²) in [5.74, 6) is 2.39. The van der Waals surface area contributed by atoms with E-state index < -0.39 is 0 Å². The lowest BCUT2D eigenvalue weighted by Crippen LogP contribution is -2.24. The predicted molar refractivity (Wildman–Crippen MR) is 77.4 cm³/mol. The lowest BCUT2D eigenvalue weighted by atomic mass is 9.94. The summed E-state index contributed by atoms with van der Waals surface area (Å²) < 4.78 is 16.8. The maximum atomic E-state index is 5.68. The van der Waals surface area contributed by atoms with Gasteiger partial charge >= 0.3 is 0 Å². The van der Waals surface area contributed by atoms with Crippen LogP contribution >= 0.6 is 0 Å². The summed E-state index contributed by atoms with van der Waals surface area (Å²) in [7, 11) is 0. The molecule has 1 N–H and O–H groups in total. The van der Waals surface area contributed by atoms with Gasteiger partial charge in [0.25, 0.3) is 0 Å². The quantitative estimate of drug-likeness (QED) is 0.898. The highest BCUT2D eigenvalue weighted by molar-refractivity contribution is 5.44. The number of hydrogen-bond donors (Lipinski definition) is 1. The molecule has 2 aliphatic rings. The van der Waals surface area contributed by atoms with Crippen molar-refractivity contribution in [3.05, 3.63) is 23.8 Å². The van der Waals surface area contributed by atoms with Gasteiger partial charge in [-0.25, -0.2) is 0 Å². The molecule has 20 heavy (non-hydrogen) atoms. The minimum absolute atomic E-state index is 0.363. The van der Waals surface area contributed by atoms with E-state index in [1.54, 1.807) is 0 Å². The number of rotatable bonds is 5. The molecule has 3 rings (SSSR count). The molecule has 2 atom stereocenters. The van der Waals surface area contributed by atoms with Crippen LogP contribution in [0.25, 0.3) is 0 Å². The summed E-state index contributed by atoms with van der Waals surface area (Å²) in [6.07, 6.45) is 2.29. The van der Waals surface area contributed by atoms with E-state index in [-0.39, 0.29) is 0 Å². The molecule has 4 nitrogen and oxygen atoms in total. The first-order chi connectivity index (χ1) is 9.86. The van der Waals surface area contributed by atoms with Gasteiger partial charge in [-0.3, -0.25) is 0 Å². The van der Waals surface area contributed by atoms with Crippen molar-refractivity contribution in [1.29, 1.82) is 0 Å². The second-order valence-electron chi connectivity index (χ2n) is 5.48. The number of fused-ring (bicyclic) bond motifs is 1. The lowest BCUT2D eigenvalue weighted by Gasteiger charge is -2.24. The van der Waals surface area contributed by atoms with Crippen molar-refractivity contribution in [2.75, 3.05) is 33.0 Å². The third-order valence-corrected chi connectivity index (χ3v) is 4.01. The summed E-state index contributed by atoms with van der Waals surface area (Å²) in [6.45, 7) is 6.20. The minimum atomic E-state index is 0.363. The van der Waals surface area contributed by atoms with E-state index in [0.29, 0.717) is 25.2 Å². The highest BCUT2D eigenvalue weighted by atomic mass is 16.6. The lowest BCUT2D eigenvalue weighted by molar-refractivity contribution is 0.171. The van der Waals surface area contributed by atoms with Crippen LogP contribution in [0, 0.1) is 5.92 Å². The molecule has 0 aromatic heterocycles. The zero-order chi connectivity index (χ0) is 13.8. The fourth-order valence-corrected chi connectivity index (χ4v) is 2.96. The SMILES string of the molecule is CCNC(CC1CCOC1)c1ccc2c(c1)OCCO2. The van der Waals surface area contributed by atoms with Crippen molar-refractivity contribution in [2.45, 2.75) is 25.8 Å². The van der Waals surface area contributed by atoms with Crippen molar-refractivity contribution in [2.24, 2.45) is 5.92 Å². The second-order valence-corrected chi connectivity index (χ2v) is 5.48. The molecule has 1 aromatic rings. The van der Waals surface area contributed by atoms with E-state index in [0.717, 1.165) is 37.7 Å². The van der Waals surface area contributed by atoms with Gasteiger partial charge in [0.15, 0.2) is 11.5 Å². The van der Waals surface area contributed by atoms with Crippen molar-refractivity contribution in [3.8, 4) is 11.5 Å². The average Bonchev–Trinajstić information content (AvgIpc) is 2.99. The summed E-state index contributed by atoms with van der Waals surface area (Å²) in [5.41, 5.74) is 1.28. The molecule has 2 aliphatic heterocycles. The van der Waals surface area contributed by atoms with Gasteiger partial charge in [0.05, 0.1) is 0 Å². The Kier molecular flexibility index (Phi) is 4.43. The topological polar surface area (TPSA) is 39.7 Å². The van der Waals surface area contributed by atoms with E-state index in [1.807, 2.05) is 6.07 Å². The Hall–Kier alpha value is -1.26. The molecule has 110 valence electrons. The van der Waals surface area contributed by atoms with Gasteiger partial charge < -0.3 is 19.5 Å². The zero-order valence-corrected chi connectivity index (χ0v) is 12.1. The number of nitrogens with one attached hydrogen (secondary N) is 1. The standard InChI is InChI=1S/C16H23NO3/c1-2-17-14(9-12-5-6-18-11-12)13-3-4-15-16(10-13)20-8-7-19-15/h3-4,10,12,14,17H,2,5-9,11H2,1H3. The predicted octanol–water partition coefficient (Wildman–Crippen LogP) is 2.54. The van der Waals surface area contributed by atoms with Gasteiger partial charge in [0.2, 0.25) is 0 Å². The van der Waals surface area contributed by atoms with Crippen LogP contribution in [0.15, 0.2) is 18.2 Å². The molecule has 0 amide bonds. The molecule has 2 heterocycles. The Labute approximate surface area is 120 Å². The van der Waals surface area contributed by atoms with Crippen LogP contribution in [0.3, 0.4) is 0 Å². The minimum Gasteiger partial charge on any atom is -0.486 e. The van der Waals surface area contributed by atoms with Gasteiger partial charge in [0.1, 0.15) is 13.2 Å². The van der Waals surface area contributed by atoms with Crippen LogP contribution in [0.1, 0.15) is 31.4 Å². The van der Waals surface area contributed by atoms with E-state index >= 15 is 0 Å². The zero-order valence-electron chi connectivity index (χ0n) is 12.1. The molecule has 0 aliphatic carbocycles. The van der Waals surface area contributed by atoms with E-state index in [2.05, 4.69) is 24.4 Å². The number of ether oxygens (including phenoxy) is 3. The van der Waals surface area contributed by atoms with Gasteiger partial charge in [-0.1, -0.05) is 13.0 Å². The van der Waals surface area contributed by atoms with E-state index in [1.165, 1.54) is 12.0 Å². The highest BCUT2D eigenvalue weighted by Crippen LogP contribution is 2.35. The van der Waals surface area contributed by atoms with Gasteiger partial charge in [-0.2, -0.15) is 0 Å². The summed E-state index contributed by atoms with van der Waals surface area (Å²) in [6, 6.07) is 6.66. The highest BCUT2D eigenvalue weighted by Gasteiger charge is 2.22. The summed E-state index contributed by atoms with van der Waals surface area (Å²) in [4.78, 5) is 0. The molecule has 0 bridgehead atoms. The first-order valence-corrected chi connectivity index (χ1v) is 7.57. The Morgan fingerprint density at radius 1 is 1.20 bits per heavy atom. The van der Waals surface area contributed by atoms with Gasteiger partial charge in [0, 0.05) is 19.3 Å². The third kappa shape index (κ3) is 3.07. The monoisotopic (exact) mass is 277 g/mol.